The molecule has 6 heteroatoms. The second kappa shape index (κ2) is 9.91. The lowest BCUT2D eigenvalue weighted by atomic mass is 9.97. The fraction of sp³-hybridized carbons (Fsp3) is 0.304. The zero-order valence-electron chi connectivity index (χ0n) is 16.6. The van der Waals surface area contributed by atoms with Crippen LogP contribution in [0.5, 0.6) is 0 Å². The minimum absolute atomic E-state index is 0. The maximum absolute atomic E-state index is 12.3. The Kier molecular flexibility index (Phi) is 7.30. The van der Waals surface area contributed by atoms with Gasteiger partial charge in [-0.1, -0.05) is 54.6 Å². The van der Waals surface area contributed by atoms with Gasteiger partial charge >= 0.3 is 0 Å². The molecule has 152 valence electrons. The molecule has 0 spiro atoms. The number of rotatable bonds is 4. The van der Waals surface area contributed by atoms with E-state index in [1.165, 1.54) is 11.1 Å². The van der Waals surface area contributed by atoms with E-state index < -0.39 is 0 Å². The number of fused-ring (bicyclic) bond motifs is 1. The van der Waals surface area contributed by atoms with Crippen molar-refractivity contribution in [2.45, 2.75) is 18.8 Å². The maximum atomic E-state index is 12.3. The van der Waals surface area contributed by atoms with Crippen LogP contribution >= 0.6 is 24.0 Å². The Bertz CT molecular complexity index is 910. The first-order valence-corrected chi connectivity index (χ1v) is 9.86. The lowest BCUT2D eigenvalue weighted by Gasteiger charge is -2.30. The van der Waals surface area contributed by atoms with Crippen LogP contribution in [0.4, 0.5) is 5.69 Å². The molecule has 0 bridgehead atoms. The molecule has 1 atom stereocenters. The van der Waals surface area contributed by atoms with Crippen LogP contribution in [0, 0.1) is 0 Å². The Hall–Kier alpha value is -2.35. The van der Waals surface area contributed by atoms with E-state index in [2.05, 4.69) is 50.9 Å². The van der Waals surface area contributed by atoms with Crippen molar-refractivity contribution in [3.63, 3.8) is 0 Å². The van der Waals surface area contributed by atoms with Crippen molar-refractivity contribution in [1.29, 1.82) is 0 Å². The van der Waals surface area contributed by atoms with Gasteiger partial charge in [0.15, 0.2) is 5.96 Å². The van der Waals surface area contributed by atoms with Crippen LogP contribution in [-0.4, -0.2) is 43.4 Å². The van der Waals surface area contributed by atoms with Gasteiger partial charge in [-0.15, -0.1) is 24.0 Å². The van der Waals surface area contributed by atoms with Gasteiger partial charge in [-0.25, -0.2) is 0 Å². The standard InChI is InChI=1S/C23H26N4O.HI/c1-24-23(27-15-12-18(13-16-27)17-7-3-2-4-8-17)25-14-11-20-19-9-5-6-10-21(19)26-22(20)28;/h2-10,12,20H,11,13-16H2,1H3,(H,24,25)(H,26,28);1H. The second-order valence-electron chi connectivity index (χ2n) is 7.18. The number of guanidine groups is 1. The SMILES string of the molecule is CN=C(NCCC1C(=O)Nc2ccccc21)N1CC=C(c2ccccc2)CC1.I. The van der Waals surface area contributed by atoms with Gasteiger partial charge in [0.25, 0.3) is 0 Å². The van der Waals surface area contributed by atoms with Gasteiger partial charge in [-0.05, 0) is 35.6 Å². The fourth-order valence-corrected chi connectivity index (χ4v) is 4.00. The molecule has 0 saturated heterocycles. The molecule has 2 aliphatic heterocycles. The van der Waals surface area contributed by atoms with Crippen LogP contribution in [0.3, 0.4) is 0 Å². The Labute approximate surface area is 189 Å². The van der Waals surface area contributed by atoms with Gasteiger partial charge < -0.3 is 15.5 Å². The minimum atomic E-state index is -0.0901. The van der Waals surface area contributed by atoms with Crippen molar-refractivity contribution in [2.75, 3.05) is 32.0 Å². The third-order valence-corrected chi connectivity index (χ3v) is 5.49. The van der Waals surface area contributed by atoms with E-state index in [9.17, 15) is 4.79 Å². The number of nitrogens with zero attached hydrogens (tertiary/aromatic N) is 2. The number of carbonyl (C=O) groups excluding carboxylic acids is 1. The van der Waals surface area contributed by atoms with Gasteiger partial charge in [0, 0.05) is 32.4 Å². The Balaban J connectivity index is 0.00000240. The lowest BCUT2D eigenvalue weighted by Crippen LogP contribution is -2.44. The second-order valence-corrected chi connectivity index (χ2v) is 7.18. The van der Waals surface area contributed by atoms with Gasteiger partial charge in [-0.2, -0.15) is 0 Å². The van der Waals surface area contributed by atoms with Gasteiger partial charge in [-0.3, -0.25) is 9.79 Å². The summed E-state index contributed by atoms with van der Waals surface area (Å²) in [5, 5.41) is 6.41. The summed E-state index contributed by atoms with van der Waals surface area (Å²) in [5.41, 5.74) is 4.73. The predicted molar refractivity (Wildman–Crippen MR) is 130 cm³/mol. The number of para-hydroxylation sites is 1. The van der Waals surface area contributed by atoms with Crippen LogP contribution in [0.15, 0.2) is 65.7 Å². The van der Waals surface area contributed by atoms with E-state index in [1.54, 1.807) is 0 Å². The summed E-state index contributed by atoms with van der Waals surface area (Å²) in [4.78, 5) is 19.0. The highest BCUT2D eigenvalue weighted by Crippen LogP contribution is 2.33. The summed E-state index contributed by atoms with van der Waals surface area (Å²) in [6, 6.07) is 18.5. The molecular weight excluding hydrogens is 475 g/mol. The molecule has 2 N–H and O–H groups in total. The molecule has 0 aromatic heterocycles. The van der Waals surface area contributed by atoms with Gasteiger partial charge in [0.05, 0.1) is 5.92 Å². The average molecular weight is 502 g/mol. The maximum Gasteiger partial charge on any atom is 0.232 e. The van der Waals surface area contributed by atoms with Crippen LogP contribution in [0.1, 0.15) is 29.9 Å². The number of aliphatic imine (C=N–C) groups is 1. The number of nitrogens with one attached hydrogen (secondary N) is 2. The summed E-state index contributed by atoms with van der Waals surface area (Å²) in [5.74, 6) is 0.897. The van der Waals surface area contributed by atoms with E-state index in [0.29, 0.717) is 6.54 Å². The molecule has 0 radical (unpaired) electrons. The van der Waals surface area contributed by atoms with E-state index in [4.69, 9.17) is 0 Å². The molecule has 4 rings (SSSR count). The first-order valence-electron chi connectivity index (χ1n) is 9.86. The van der Waals surface area contributed by atoms with Crippen molar-refractivity contribution in [1.82, 2.24) is 10.2 Å². The Morgan fingerprint density at radius 3 is 2.66 bits per heavy atom. The monoisotopic (exact) mass is 502 g/mol. The Morgan fingerprint density at radius 2 is 1.93 bits per heavy atom. The van der Waals surface area contributed by atoms with Crippen molar-refractivity contribution >= 4 is 47.1 Å². The van der Waals surface area contributed by atoms with Crippen LogP contribution < -0.4 is 10.6 Å². The van der Waals surface area contributed by atoms with Crippen molar-refractivity contribution in [3.05, 3.63) is 71.8 Å². The summed E-state index contributed by atoms with van der Waals surface area (Å²) in [6.45, 7) is 2.49. The third kappa shape index (κ3) is 4.80. The van der Waals surface area contributed by atoms with Crippen molar-refractivity contribution < 1.29 is 4.79 Å². The first kappa shape index (κ1) is 21.4. The molecule has 2 aromatic rings. The zero-order valence-corrected chi connectivity index (χ0v) is 18.9. The average Bonchev–Trinajstić information content (AvgIpc) is 3.07. The summed E-state index contributed by atoms with van der Waals surface area (Å²) < 4.78 is 0. The Morgan fingerprint density at radius 1 is 1.17 bits per heavy atom. The first-order chi connectivity index (χ1) is 13.8. The molecular formula is C23H27IN4O. The molecule has 1 unspecified atom stereocenters. The van der Waals surface area contributed by atoms with Crippen molar-refractivity contribution in [3.8, 4) is 0 Å². The van der Waals surface area contributed by atoms with Crippen LogP contribution in [0.2, 0.25) is 0 Å². The van der Waals surface area contributed by atoms with Crippen LogP contribution in [-0.2, 0) is 4.79 Å². The summed E-state index contributed by atoms with van der Waals surface area (Å²) in [6.07, 6.45) is 4.04. The van der Waals surface area contributed by atoms with E-state index in [0.717, 1.165) is 43.1 Å². The molecule has 29 heavy (non-hydrogen) atoms. The number of anilines is 1. The van der Waals surface area contributed by atoms with Crippen LogP contribution in [0.25, 0.3) is 5.57 Å². The highest BCUT2D eigenvalue weighted by Gasteiger charge is 2.29. The number of carbonyl (C=O) groups is 1. The normalized spacial score (nSPS) is 18.4. The van der Waals surface area contributed by atoms with E-state index >= 15 is 0 Å². The lowest BCUT2D eigenvalue weighted by molar-refractivity contribution is -0.117. The van der Waals surface area contributed by atoms with E-state index in [1.807, 2.05) is 37.4 Å². The highest BCUT2D eigenvalue weighted by molar-refractivity contribution is 14.0. The fourth-order valence-electron chi connectivity index (χ4n) is 4.00. The highest BCUT2D eigenvalue weighted by atomic mass is 127. The molecule has 5 nitrogen and oxygen atoms in total. The van der Waals surface area contributed by atoms with Crippen molar-refractivity contribution in [2.24, 2.45) is 4.99 Å². The number of hydrogen-bond acceptors (Lipinski definition) is 2. The predicted octanol–water partition coefficient (Wildman–Crippen LogP) is 4.10. The number of benzene rings is 2. The molecule has 0 aliphatic carbocycles. The minimum Gasteiger partial charge on any atom is -0.356 e. The topological polar surface area (TPSA) is 56.7 Å². The molecule has 2 aliphatic rings. The number of amides is 1. The molecule has 0 fully saturated rings. The quantitative estimate of drug-likeness (QED) is 0.376. The summed E-state index contributed by atoms with van der Waals surface area (Å²) in [7, 11) is 1.82. The molecule has 0 saturated carbocycles. The summed E-state index contributed by atoms with van der Waals surface area (Å²) >= 11 is 0. The largest absolute Gasteiger partial charge is 0.356 e. The van der Waals surface area contributed by atoms with Gasteiger partial charge in [0.1, 0.15) is 0 Å². The van der Waals surface area contributed by atoms with E-state index in [-0.39, 0.29) is 35.8 Å². The molecule has 1 amide bonds. The van der Waals surface area contributed by atoms with Gasteiger partial charge in [0.2, 0.25) is 5.91 Å². The number of halogens is 1. The molecule has 2 aromatic carbocycles. The smallest absolute Gasteiger partial charge is 0.232 e. The zero-order chi connectivity index (χ0) is 19.3. The third-order valence-electron chi connectivity index (χ3n) is 5.49. The molecule has 2 heterocycles. The number of hydrogen-bond donors (Lipinski definition) is 2.